The van der Waals surface area contributed by atoms with Gasteiger partial charge in [0.25, 0.3) is 0 Å². The molecule has 0 saturated carbocycles. The summed E-state index contributed by atoms with van der Waals surface area (Å²) in [7, 11) is 1.76. The molecular weight excluding hydrogens is 382 g/mol. The van der Waals surface area contributed by atoms with Crippen molar-refractivity contribution < 1.29 is 4.79 Å². The van der Waals surface area contributed by atoms with Crippen LogP contribution in [0.4, 0.5) is 5.69 Å². The lowest BCUT2D eigenvalue weighted by molar-refractivity contribution is -0.116. The molecule has 1 amide bonds. The first-order chi connectivity index (χ1) is 14.6. The molecule has 0 aliphatic carbocycles. The average molecular weight is 405 g/mol. The zero-order valence-electron chi connectivity index (χ0n) is 16.9. The van der Waals surface area contributed by atoms with Gasteiger partial charge in [-0.05, 0) is 41.1 Å². The van der Waals surface area contributed by atoms with Gasteiger partial charge in [-0.25, -0.2) is 9.48 Å². The van der Waals surface area contributed by atoms with E-state index in [2.05, 4.69) is 20.8 Å². The average Bonchev–Trinajstić information content (AvgIpc) is 3.29. The molecule has 0 aliphatic heterocycles. The third-order valence-electron chi connectivity index (χ3n) is 4.96. The second-order valence-corrected chi connectivity index (χ2v) is 7.08. The van der Waals surface area contributed by atoms with Gasteiger partial charge in [0.15, 0.2) is 5.82 Å². The van der Waals surface area contributed by atoms with Crippen LogP contribution in [-0.4, -0.2) is 35.2 Å². The Labute approximate surface area is 172 Å². The highest BCUT2D eigenvalue weighted by Gasteiger charge is 2.14. The number of aryl methyl sites for hydroxylation is 3. The van der Waals surface area contributed by atoms with Crippen molar-refractivity contribution in [3.05, 3.63) is 59.0 Å². The van der Waals surface area contributed by atoms with E-state index in [4.69, 9.17) is 0 Å². The van der Waals surface area contributed by atoms with Gasteiger partial charge in [0.2, 0.25) is 5.91 Å². The first-order valence-electron chi connectivity index (χ1n) is 9.89. The van der Waals surface area contributed by atoms with Crippen LogP contribution in [0.25, 0.3) is 22.4 Å². The molecule has 4 rings (SSSR count). The topological polar surface area (TPSA) is 99.6 Å². The molecule has 9 nitrogen and oxygen atoms in total. The van der Waals surface area contributed by atoms with Crippen LogP contribution < -0.4 is 11.0 Å². The Morgan fingerprint density at radius 2 is 1.77 bits per heavy atom. The van der Waals surface area contributed by atoms with E-state index < -0.39 is 0 Å². The predicted octanol–water partition coefficient (Wildman–Crippen LogP) is 2.43. The van der Waals surface area contributed by atoms with Crippen LogP contribution >= 0.6 is 0 Å². The number of fused-ring (bicyclic) bond motifs is 1. The number of tetrazole rings is 1. The van der Waals surface area contributed by atoms with Gasteiger partial charge in [0, 0.05) is 37.8 Å². The molecule has 30 heavy (non-hydrogen) atoms. The van der Waals surface area contributed by atoms with Crippen molar-refractivity contribution in [2.24, 2.45) is 7.05 Å². The second-order valence-electron chi connectivity index (χ2n) is 7.08. The SMILES string of the molecule is CCCn1c(=O)n(CCC(=O)Nc2cccc(-c3nnnn3C)c2)c2ccccc21. The van der Waals surface area contributed by atoms with Crippen molar-refractivity contribution in [2.75, 3.05) is 5.32 Å². The molecule has 0 saturated heterocycles. The van der Waals surface area contributed by atoms with E-state index >= 15 is 0 Å². The highest BCUT2D eigenvalue weighted by Crippen LogP contribution is 2.20. The molecule has 0 spiro atoms. The quantitative estimate of drug-likeness (QED) is 0.509. The lowest BCUT2D eigenvalue weighted by Crippen LogP contribution is -2.26. The Morgan fingerprint density at radius 1 is 1.03 bits per heavy atom. The first-order valence-corrected chi connectivity index (χ1v) is 9.89. The van der Waals surface area contributed by atoms with Crippen molar-refractivity contribution >= 4 is 22.6 Å². The summed E-state index contributed by atoms with van der Waals surface area (Å²) in [4.78, 5) is 25.4. The normalized spacial score (nSPS) is 11.1. The number of nitrogens with zero attached hydrogens (tertiary/aromatic N) is 6. The summed E-state index contributed by atoms with van der Waals surface area (Å²) in [6, 6.07) is 15.0. The zero-order valence-corrected chi connectivity index (χ0v) is 16.9. The molecule has 0 bridgehead atoms. The van der Waals surface area contributed by atoms with Crippen LogP contribution in [0.1, 0.15) is 19.8 Å². The predicted molar refractivity (Wildman–Crippen MR) is 114 cm³/mol. The summed E-state index contributed by atoms with van der Waals surface area (Å²) in [6.45, 7) is 3.01. The maximum absolute atomic E-state index is 12.8. The van der Waals surface area contributed by atoms with Crippen LogP contribution in [0.3, 0.4) is 0 Å². The third-order valence-corrected chi connectivity index (χ3v) is 4.96. The fourth-order valence-corrected chi connectivity index (χ4v) is 3.58. The maximum atomic E-state index is 12.8. The first kappa shape index (κ1) is 19.6. The Kier molecular flexibility index (Phi) is 5.42. The van der Waals surface area contributed by atoms with E-state index in [-0.39, 0.29) is 18.0 Å². The lowest BCUT2D eigenvalue weighted by atomic mass is 10.2. The Bertz CT molecular complexity index is 1250. The number of nitrogens with one attached hydrogen (secondary N) is 1. The number of amides is 1. The molecule has 0 fully saturated rings. The molecule has 2 aromatic heterocycles. The molecule has 0 atom stereocenters. The summed E-state index contributed by atoms with van der Waals surface area (Å²) in [5.41, 5.74) is 3.12. The minimum atomic E-state index is -0.164. The fourth-order valence-electron chi connectivity index (χ4n) is 3.58. The van der Waals surface area contributed by atoms with Crippen LogP contribution in [0, 0.1) is 0 Å². The van der Waals surface area contributed by atoms with E-state index in [1.54, 1.807) is 20.9 Å². The Morgan fingerprint density at radius 3 is 2.43 bits per heavy atom. The van der Waals surface area contributed by atoms with E-state index in [0.717, 1.165) is 23.0 Å². The lowest BCUT2D eigenvalue weighted by Gasteiger charge is -2.08. The van der Waals surface area contributed by atoms with Crippen LogP contribution in [-0.2, 0) is 24.9 Å². The monoisotopic (exact) mass is 405 g/mol. The van der Waals surface area contributed by atoms with Gasteiger partial charge >= 0.3 is 5.69 Å². The molecule has 154 valence electrons. The molecule has 4 aromatic rings. The van der Waals surface area contributed by atoms with Crippen molar-refractivity contribution in [2.45, 2.75) is 32.9 Å². The minimum absolute atomic E-state index is 0.0809. The van der Waals surface area contributed by atoms with Gasteiger partial charge in [-0.3, -0.25) is 13.9 Å². The number of hydrogen-bond donors (Lipinski definition) is 1. The Hall–Kier alpha value is -3.75. The van der Waals surface area contributed by atoms with Gasteiger partial charge < -0.3 is 5.32 Å². The molecule has 9 heteroatoms. The summed E-state index contributed by atoms with van der Waals surface area (Å²) < 4.78 is 5.01. The molecule has 0 unspecified atom stereocenters. The van der Waals surface area contributed by atoms with Crippen molar-refractivity contribution in [3.8, 4) is 11.4 Å². The van der Waals surface area contributed by atoms with Gasteiger partial charge in [0.1, 0.15) is 0 Å². The number of imidazole rings is 1. The molecule has 0 aliphatic rings. The van der Waals surface area contributed by atoms with Gasteiger partial charge in [-0.1, -0.05) is 31.2 Å². The molecule has 2 aromatic carbocycles. The minimum Gasteiger partial charge on any atom is -0.326 e. The highest BCUT2D eigenvalue weighted by atomic mass is 16.2. The third kappa shape index (κ3) is 3.73. The summed E-state index contributed by atoms with van der Waals surface area (Å²) in [6.07, 6.45) is 1.06. The van der Waals surface area contributed by atoms with Crippen molar-refractivity contribution in [1.82, 2.24) is 29.3 Å². The van der Waals surface area contributed by atoms with Gasteiger partial charge in [0.05, 0.1) is 11.0 Å². The number of anilines is 1. The maximum Gasteiger partial charge on any atom is 0.329 e. The number of carbonyl (C=O) groups excluding carboxylic acids is 1. The van der Waals surface area contributed by atoms with E-state index in [9.17, 15) is 9.59 Å². The largest absolute Gasteiger partial charge is 0.329 e. The Balaban J connectivity index is 1.49. The van der Waals surface area contributed by atoms with E-state index in [1.807, 2.05) is 55.5 Å². The molecule has 1 N–H and O–H groups in total. The van der Waals surface area contributed by atoms with Crippen LogP contribution in [0.15, 0.2) is 53.3 Å². The van der Waals surface area contributed by atoms with Crippen molar-refractivity contribution in [3.63, 3.8) is 0 Å². The highest BCUT2D eigenvalue weighted by molar-refractivity contribution is 5.91. The fraction of sp³-hybridized carbons (Fsp3) is 0.286. The van der Waals surface area contributed by atoms with Crippen molar-refractivity contribution in [1.29, 1.82) is 0 Å². The number of rotatable bonds is 7. The number of aromatic nitrogens is 6. The zero-order chi connectivity index (χ0) is 21.1. The van der Waals surface area contributed by atoms with Gasteiger partial charge in [-0.15, -0.1) is 5.10 Å². The summed E-state index contributed by atoms with van der Waals surface area (Å²) in [5.74, 6) is 0.448. The standard InChI is InChI=1S/C21H23N7O2/c1-3-12-27-17-9-4-5-10-18(17)28(21(27)30)13-11-19(29)22-16-8-6-7-15(14-16)20-23-24-25-26(20)2/h4-10,14H,3,11-13H2,1-2H3,(H,22,29). The molecule has 0 radical (unpaired) electrons. The van der Waals surface area contributed by atoms with Crippen LogP contribution in [0.5, 0.6) is 0 Å². The van der Waals surface area contributed by atoms with Gasteiger partial charge in [-0.2, -0.15) is 0 Å². The number of para-hydroxylation sites is 2. The van der Waals surface area contributed by atoms with E-state index in [1.165, 1.54) is 0 Å². The molecular formula is C21H23N7O2. The molecule has 2 heterocycles. The van der Waals surface area contributed by atoms with Crippen LogP contribution in [0.2, 0.25) is 0 Å². The number of carbonyl (C=O) groups is 1. The smallest absolute Gasteiger partial charge is 0.326 e. The number of benzene rings is 2. The summed E-state index contributed by atoms with van der Waals surface area (Å²) in [5, 5.41) is 14.4. The number of hydrogen-bond acceptors (Lipinski definition) is 5. The van der Waals surface area contributed by atoms with E-state index in [0.29, 0.717) is 24.6 Å². The second kappa shape index (κ2) is 8.32. The summed E-state index contributed by atoms with van der Waals surface area (Å²) >= 11 is 0.